The molecule has 7 heteroatoms. The van der Waals surface area contributed by atoms with E-state index in [0.717, 1.165) is 23.5 Å². The number of hydrogen-bond donors (Lipinski definition) is 1. The number of carboxylic acid groups (broad SMARTS) is 1. The first-order valence-electron chi connectivity index (χ1n) is 7.26. The summed E-state index contributed by atoms with van der Waals surface area (Å²) in [4.78, 5) is 13.4. The maximum Gasteiger partial charge on any atom is 0.306 e. The van der Waals surface area contributed by atoms with E-state index in [1.165, 1.54) is 23.3 Å². The number of tetrazole rings is 1. The molecule has 2 heterocycles. The van der Waals surface area contributed by atoms with Gasteiger partial charge in [-0.3, -0.25) is 4.79 Å². The molecule has 6 nitrogen and oxygen atoms in total. The van der Waals surface area contributed by atoms with Gasteiger partial charge in [-0.1, -0.05) is 6.92 Å². The van der Waals surface area contributed by atoms with Crippen LogP contribution in [0.3, 0.4) is 0 Å². The third kappa shape index (κ3) is 2.97. The monoisotopic (exact) mass is 306 g/mol. The normalized spacial score (nSPS) is 15.7. The van der Waals surface area contributed by atoms with Crippen LogP contribution in [0, 0.1) is 5.92 Å². The third-order valence-electron chi connectivity index (χ3n) is 3.94. The van der Waals surface area contributed by atoms with E-state index in [1.54, 1.807) is 22.9 Å². The van der Waals surface area contributed by atoms with E-state index in [0.29, 0.717) is 13.0 Å². The smallest absolute Gasteiger partial charge is 0.306 e. The highest BCUT2D eigenvalue weighted by molar-refractivity contribution is 7.15. The molecule has 0 radical (unpaired) electrons. The topological polar surface area (TPSA) is 80.9 Å². The maximum absolute atomic E-state index is 10.9. The first-order valence-corrected chi connectivity index (χ1v) is 8.07. The average molecular weight is 306 g/mol. The molecule has 2 aromatic rings. The standard InChI is InChI=1S/C14H18N4O2S/c1-9(14(19)20)6-7-18-13(15-16-17-18)12-8-10-4-2-3-5-11(10)21-12/h8-9H,2-7H2,1H3,(H,19,20). The van der Waals surface area contributed by atoms with Crippen LogP contribution in [-0.4, -0.2) is 31.3 Å². The number of hydrogen-bond acceptors (Lipinski definition) is 5. The van der Waals surface area contributed by atoms with Gasteiger partial charge in [-0.2, -0.15) is 0 Å². The summed E-state index contributed by atoms with van der Waals surface area (Å²) in [7, 11) is 0. The minimum atomic E-state index is -0.781. The van der Waals surface area contributed by atoms with Gasteiger partial charge in [-0.15, -0.1) is 16.4 Å². The zero-order valence-electron chi connectivity index (χ0n) is 11.9. The molecule has 1 aliphatic rings. The number of aryl methyl sites for hydroxylation is 3. The Kier molecular flexibility index (Phi) is 4.01. The van der Waals surface area contributed by atoms with Gasteiger partial charge >= 0.3 is 5.97 Å². The molecule has 112 valence electrons. The summed E-state index contributed by atoms with van der Waals surface area (Å²) in [5.74, 6) is -0.415. The summed E-state index contributed by atoms with van der Waals surface area (Å²) in [6.07, 6.45) is 5.33. The van der Waals surface area contributed by atoms with E-state index in [2.05, 4.69) is 21.6 Å². The Hall–Kier alpha value is -1.76. The van der Waals surface area contributed by atoms with Crippen LogP contribution in [0.1, 0.15) is 36.6 Å². The Morgan fingerprint density at radius 3 is 3.05 bits per heavy atom. The summed E-state index contributed by atoms with van der Waals surface area (Å²) >= 11 is 1.77. The van der Waals surface area contributed by atoms with Gasteiger partial charge in [0.2, 0.25) is 0 Å². The summed E-state index contributed by atoms with van der Waals surface area (Å²) in [5, 5.41) is 20.8. The number of aliphatic carboxylic acids is 1. The lowest BCUT2D eigenvalue weighted by molar-refractivity contribution is -0.141. The van der Waals surface area contributed by atoms with Gasteiger partial charge in [0.05, 0.1) is 10.8 Å². The quantitative estimate of drug-likeness (QED) is 0.917. The predicted molar refractivity (Wildman–Crippen MR) is 79.2 cm³/mol. The van der Waals surface area contributed by atoms with Crippen LogP contribution >= 0.6 is 11.3 Å². The maximum atomic E-state index is 10.9. The molecule has 1 atom stereocenters. The molecule has 1 N–H and O–H groups in total. The Labute approximate surface area is 126 Å². The van der Waals surface area contributed by atoms with Crippen molar-refractivity contribution in [2.75, 3.05) is 0 Å². The highest BCUT2D eigenvalue weighted by atomic mass is 32.1. The molecule has 2 aromatic heterocycles. The van der Waals surface area contributed by atoms with Crippen molar-refractivity contribution in [1.82, 2.24) is 20.2 Å². The zero-order chi connectivity index (χ0) is 14.8. The Morgan fingerprint density at radius 2 is 2.29 bits per heavy atom. The molecular weight excluding hydrogens is 288 g/mol. The van der Waals surface area contributed by atoms with E-state index >= 15 is 0 Å². The first-order chi connectivity index (χ1) is 10.1. The highest BCUT2D eigenvalue weighted by Gasteiger charge is 2.19. The van der Waals surface area contributed by atoms with Crippen molar-refractivity contribution in [3.8, 4) is 10.7 Å². The second-order valence-corrected chi connectivity index (χ2v) is 6.66. The number of thiophene rings is 1. The van der Waals surface area contributed by atoms with Gasteiger partial charge in [0.25, 0.3) is 0 Å². The lowest BCUT2D eigenvalue weighted by Crippen LogP contribution is -2.13. The van der Waals surface area contributed by atoms with E-state index < -0.39 is 11.9 Å². The molecule has 0 spiro atoms. The molecule has 0 aliphatic heterocycles. The predicted octanol–water partition coefficient (Wildman–Crippen LogP) is 2.39. The van der Waals surface area contributed by atoms with E-state index in [-0.39, 0.29) is 0 Å². The van der Waals surface area contributed by atoms with E-state index in [9.17, 15) is 4.79 Å². The molecule has 3 rings (SSSR count). The van der Waals surface area contributed by atoms with Gasteiger partial charge in [-0.05, 0) is 54.2 Å². The molecule has 0 bridgehead atoms. The number of aromatic nitrogens is 4. The van der Waals surface area contributed by atoms with Crippen LogP contribution in [0.5, 0.6) is 0 Å². The van der Waals surface area contributed by atoms with Crippen molar-refractivity contribution in [1.29, 1.82) is 0 Å². The lowest BCUT2D eigenvalue weighted by Gasteiger charge is -2.08. The minimum Gasteiger partial charge on any atom is -0.481 e. The molecule has 1 aliphatic carbocycles. The number of carbonyl (C=O) groups is 1. The van der Waals surface area contributed by atoms with Crippen LogP contribution in [0.15, 0.2) is 6.07 Å². The van der Waals surface area contributed by atoms with Crippen molar-refractivity contribution >= 4 is 17.3 Å². The van der Waals surface area contributed by atoms with Crippen LogP contribution in [0.4, 0.5) is 0 Å². The second-order valence-electron chi connectivity index (χ2n) is 5.52. The van der Waals surface area contributed by atoms with Crippen LogP contribution in [0.25, 0.3) is 10.7 Å². The van der Waals surface area contributed by atoms with Crippen LogP contribution < -0.4 is 0 Å². The van der Waals surface area contributed by atoms with E-state index in [4.69, 9.17) is 5.11 Å². The molecule has 0 saturated carbocycles. The van der Waals surface area contributed by atoms with Gasteiger partial charge in [-0.25, -0.2) is 4.68 Å². The molecular formula is C14H18N4O2S. The third-order valence-corrected chi connectivity index (χ3v) is 5.18. The second kappa shape index (κ2) is 5.93. The van der Waals surface area contributed by atoms with Crippen LogP contribution in [-0.2, 0) is 24.2 Å². The average Bonchev–Trinajstić information content (AvgIpc) is 3.10. The molecule has 0 fully saturated rings. The van der Waals surface area contributed by atoms with Crippen molar-refractivity contribution in [2.45, 2.75) is 45.6 Å². The fraction of sp³-hybridized carbons (Fsp3) is 0.571. The molecule has 0 saturated heterocycles. The molecule has 1 unspecified atom stereocenters. The van der Waals surface area contributed by atoms with Gasteiger partial charge < -0.3 is 5.11 Å². The van der Waals surface area contributed by atoms with Crippen molar-refractivity contribution in [3.05, 3.63) is 16.5 Å². The fourth-order valence-corrected chi connectivity index (χ4v) is 3.81. The minimum absolute atomic E-state index is 0.390. The number of nitrogens with zero attached hydrogens (tertiary/aromatic N) is 4. The van der Waals surface area contributed by atoms with Gasteiger partial charge in [0, 0.05) is 11.4 Å². The molecule has 0 amide bonds. The Bertz CT molecular complexity index is 626. The zero-order valence-corrected chi connectivity index (χ0v) is 12.8. The summed E-state index contributed by atoms with van der Waals surface area (Å²) in [6.45, 7) is 2.23. The Balaban J connectivity index is 1.78. The fourth-order valence-electron chi connectivity index (χ4n) is 2.57. The lowest BCUT2D eigenvalue weighted by atomic mass is 9.99. The summed E-state index contributed by atoms with van der Waals surface area (Å²) < 4.78 is 1.72. The number of rotatable bonds is 5. The van der Waals surface area contributed by atoms with Crippen molar-refractivity contribution in [3.63, 3.8) is 0 Å². The number of fused-ring (bicyclic) bond motifs is 1. The summed E-state index contributed by atoms with van der Waals surface area (Å²) in [5.41, 5.74) is 1.43. The Morgan fingerprint density at radius 1 is 1.48 bits per heavy atom. The number of carboxylic acids is 1. The molecule has 0 aromatic carbocycles. The van der Waals surface area contributed by atoms with Crippen LogP contribution in [0.2, 0.25) is 0 Å². The largest absolute Gasteiger partial charge is 0.481 e. The van der Waals surface area contributed by atoms with Crippen molar-refractivity contribution < 1.29 is 9.90 Å². The first kappa shape index (κ1) is 14.2. The SMILES string of the molecule is CC(CCn1nnnc1-c1cc2c(s1)CCCC2)C(=O)O. The van der Waals surface area contributed by atoms with Gasteiger partial charge in [0.1, 0.15) is 0 Å². The summed E-state index contributed by atoms with van der Waals surface area (Å²) in [6, 6.07) is 2.20. The molecule has 21 heavy (non-hydrogen) atoms. The van der Waals surface area contributed by atoms with Crippen molar-refractivity contribution in [2.24, 2.45) is 5.92 Å². The highest BCUT2D eigenvalue weighted by Crippen LogP contribution is 2.34. The van der Waals surface area contributed by atoms with E-state index in [1.807, 2.05) is 0 Å². The van der Waals surface area contributed by atoms with Gasteiger partial charge in [0.15, 0.2) is 5.82 Å².